The molecule has 5 nitrogen and oxygen atoms in total. The number of rotatable bonds is 6. The Morgan fingerprint density at radius 1 is 1.45 bits per heavy atom. The topological polar surface area (TPSA) is 59.4 Å². The van der Waals surface area contributed by atoms with Crippen LogP contribution in [0.4, 0.5) is 0 Å². The van der Waals surface area contributed by atoms with E-state index in [0.717, 1.165) is 25.2 Å². The summed E-state index contributed by atoms with van der Waals surface area (Å²) >= 11 is 0. The third-order valence-corrected chi connectivity index (χ3v) is 4.25. The standard InChI is InChI=1S/C17H24N4O/c1-20-9-7-16(13-20)21(2)10-8-17(22)19-12-15-5-3-14(11-18)4-6-15/h3-6,16H,7-10,12-13H2,1-2H3,(H,19,22)/t16-/m0/s1. The molecule has 22 heavy (non-hydrogen) atoms. The lowest BCUT2D eigenvalue weighted by atomic mass is 10.1. The van der Waals surface area contributed by atoms with Crippen molar-refractivity contribution in [3.63, 3.8) is 0 Å². The van der Waals surface area contributed by atoms with Gasteiger partial charge in [-0.05, 0) is 44.8 Å². The summed E-state index contributed by atoms with van der Waals surface area (Å²) in [5.41, 5.74) is 1.65. The van der Waals surface area contributed by atoms with Gasteiger partial charge in [0, 0.05) is 32.1 Å². The van der Waals surface area contributed by atoms with Crippen LogP contribution >= 0.6 is 0 Å². The summed E-state index contributed by atoms with van der Waals surface area (Å²) in [4.78, 5) is 16.5. The number of carbonyl (C=O) groups is 1. The van der Waals surface area contributed by atoms with Crippen LogP contribution in [0.5, 0.6) is 0 Å². The van der Waals surface area contributed by atoms with Crippen LogP contribution < -0.4 is 5.32 Å². The molecule has 0 bridgehead atoms. The van der Waals surface area contributed by atoms with Crippen LogP contribution in [0.3, 0.4) is 0 Å². The lowest BCUT2D eigenvalue weighted by molar-refractivity contribution is -0.121. The van der Waals surface area contributed by atoms with Crippen LogP contribution in [0.15, 0.2) is 24.3 Å². The first-order valence-corrected chi connectivity index (χ1v) is 7.73. The number of nitriles is 1. The number of nitrogens with one attached hydrogen (secondary N) is 1. The first-order valence-electron chi connectivity index (χ1n) is 7.73. The average Bonchev–Trinajstić information content (AvgIpc) is 2.97. The molecule has 0 aromatic heterocycles. The molecule has 1 fully saturated rings. The monoisotopic (exact) mass is 300 g/mol. The fraction of sp³-hybridized carbons (Fsp3) is 0.529. The van der Waals surface area contributed by atoms with E-state index in [1.165, 1.54) is 6.42 Å². The van der Waals surface area contributed by atoms with Gasteiger partial charge in [-0.25, -0.2) is 0 Å². The third-order valence-electron chi connectivity index (χ3n) is 4.25. The van der Waals surface area contributed by atoms with Crippen molar-refractivity contribution in [3.8, 4) is 6.07 Å². The Hall–Kier alpha value is -1.90. The summed E-state index contributed by atoms with van der Waals surface area (Å²) in [6.07, 6.45) is 1.70. The van der Waals surface area contributed by atoms with E-state index in [0.29, 0.717) is 24.6 Å². The second-order valence-corrected chi connectivity index (χ2v) is 6.02. The third kappa shape index (κ3) is 4.83. The molecule has 1 heterocycles. The minimum absolute atomic E-state index is 0.0718. The van der Waals surface area contributed by atoms with Gasteiger partial charge in [-0.2, -0.15) is 5.26 Å². The van der Waals surface area contributed by atoms with Crippen molar-refractivity contribution in [2.75, 3.05) is 33.7 Å². The zero-order valence-electron chi connectivity index (χ0n) is 13.4. The van der Waals surface area contributed by atoms with Gasteiger partial charge in [0.05, 0.1) is 11.6 Å². The maximum Gasteiger partial charge on any atom is 0.221 e. The largest absolute Gasteiger partial charge is 0.352 e. The highest BCUT2D eigenvalue weighted by molar-refractivity contribution is 5.76. The van der Waals surface area contributed by atoms with Gasteiger partial charge in [-0.15, -0.1) is 0 Å². The molecule has 1 atom stereocenters. The Balaban J connectivity index is 1.68. The van der Waals surface area contributed by atoms with Gasteiger partial charge in [0.25, 0.3) is 0 Å². The van der Waals surface area contributed by atoms with Crippen LogP contribution in [0.25, 0.3) is 0 Å². The molecule has 1 aromatic rings. The lowest BCUT2D eigenvalue weighted by Gasteiger charge is -2.23. The molecule has 2 rings (SSSR count). The number of likely N-dealkylation sites (N-methyl/N-ethyl adjacent to an activating group) is 2. The quantitative estimate of drug-likeness (QED) is 0.857. The van der Waals surface area contributed by atoms with Gasteiger partial charge in [-0.1, -0.05) is 12.1 Å². The average molecular weight is 300 g/mol. The van der Waals surface area contributed by atoms with Crippen molar-refractivity contribution in [1.82, 2.24) is 15.1 Å². The van der Waals surface area contributed by atoms with Crippen molar-refractivity contribution in [2.24, 2.45) is 0 Å². The summed E-state index contributed by atoms with van der Waals surface area (Å²) in [5.74, 6) is 0.0718. The van der Waals surface area contributed by atoms with Crippen LogP contribution in [-0.4, -0.2) is 55.5 Å². The van der Waals surface area contributed by atoms with E-state index in [4.69, 9.17) is 5.26 Å². The molecular weight excluding hydrogens is 276 g/mol. The van der Waals surface area contributed by atoms with Gasteiger partial charge >= 0.3 is 0 Å². The van der Waals surface area contributed by atoms with Crippen LogP contribution in [0, 0.1) is 11.3 Å². The fourth-order valence-corrected chi connectivity index (χ4v) is 2.72. The van der Waals surface area contributed by atoms with E-state index in [1.54, 1.807) is 12.1 Å². The molecule has 118 valence electrons. The van der Waals surface area contributed by atoms with Gasteiger partial charge in [-0.3, -0.25) is 4.79 Å². The Labute approximate surface area is 132 Å². The number of benzene rings is 1. The van der Waals surface area contributed by atoms with Crippen LogP contribution in [0.1, 0.15) is 24.0 Å². The molecule has 5 heteroatoms. The molecule has 1 aliphatic rings. The van der Waals surface area contributed by atoms with E-state index < -0.39 is 0 Å². The Bertz CT molecular complexity index is 535. The highest BCUT2D eigenvalue weighted by atomic mass is 16.1. The maximum absolute atomic E-state index is 11.9. The summed E-state index contributed by atoms with van der Waals surface area (Å²) < 4.78 is 0. The smallest absolute Gasteiger partial charge is 0.221 e. The summed E-state index contributed by atoms with van der Waals surface area (Å²) in [5, 5.41) is 11.7. The van der Waals surface area contributed by atoms with Crippen molar-refractivity contribution in [3.05, 3.63) is 35.4 Å². The summed E-state index contributed by atoms with van der Waals surface area (Å²) in [6, 6.07) is 9.94. The van der Waals surface area contributed by atoms with E-state index in [1.807, 2.05) is 12.1 Å². The Morgan fingerprint density at radius 3 is 2.77 bits per heavy atom. The highest BCUT2D eigenvalue weighted by Gasteiger charge is 2.23. The first kappa shape index (κ1) is 16.5. The van der Waals surface area contributed by atoms with Gasteiger partial charge in [0.15, 0.2) is 0 Å². The molecular formula is C17H24N4O. The van der Waals surface area contributed by atoms with E-state index in [-0.39, 0.29) is 5.91 Å². The van der Waals surface area contributed by atoms with Gasteiger partial charge < -0.3 is 15.1 Å². The molecule has 0 saturated carbocycles. The molecule has 1 N–H and O–H groups in total. The minimum Gasteiger partial charge on any atom is -0.352 e. The second kappa shape index (κ2) is 7.92. The predicted octanol–water partition coefficient (Wildman–Crippen LogP) is 1.20. The molecule has 0 spiro atoms. The van der Waals surface area contributed by atoms with E-state index >= 15 is 0 Å². The maximum atomic E-state index is 11.9. The summed E-state index contributed by atoms with van der Waals surface area (Å²) in [7, 11) is 4.23. The van der Waals surface area contributed by atoms with Crippen LogP contribution in [0.2, 0.25) is 0 Å². The van der Waals surface area contributed by atoms with Crippen molar-refractivity contribution >= 4 is 5.91 Å². The zero-order chi connectivity index (χ0) is 15.9. The van der Waals surface area contributed by atoms with Crippen molar-refractivity contribution < 1.29 is 4.79 Å². The lowest BCUT2D eigenvalue weighted by Crippen LogP contribution is -2.36. The number of nitrogens with zero attached hydrogens (tertiary/aromatic N) is 3. The molecule has 0 unspecified atom stereocenters. The molecule has 1 amide bonds. The van der Waals surface area contributed by atoms with Gasteiger partial charge in [0.2, 0.25) is 5.91 Å². The number of likely N-dealkylation sites (tertiary alicyclic amines) is 1. The highest BCUT2D eigenvalue weighted by Crippen LogP contribution is 2.12. The van der Waals surface area contributed by atoms with Crippen molar-refractivity contribution in [2.45, 2.75) is 25.4 Å². The van der Waals surface area contributed by atoms with E-state index in [2.05, 4.69) is 35.3 Å². The number of amides is 1. The Morgan fingerprint density at radius 2 is 2.18 bits per heavy atom. The number of carbonyl (C=O) groups excluding carboxylic acids is 1. The number of hydrogen-bond acceptors (Lipinski definition) is 4. The molecule has 1 aliphatic heterocycles. The second-order valence-electron chi connectivity index (χ2n) is 6.02. The SMILES string of the molecule is CN1CC[C@H](N(C)CCC(=O)NCc2ccc(C#N)cc2)C1. The normalized spacial score (nSPS) is 18.4. The van der Waals surface area contributed by atoms with Crippen molar-refractivity contribution in [1.29, 1.82) is 5.26 Å². The van der Waals surface area contributed by atoms with E-state index in [9.17, 15) is 4.79 Å². The fourth-order valence-electron chi connectivity index (χ4n) is 2.72. The number of hydrogen-bond donors (Lipinski definition) is 1. The molecule has 1 saturated heterocycles. The van der Waals surface area contributed by atoms with Gasteiger partial charge in [0.1, 0.15) is 0 Å². The summed E-state index contributed by atoms with van der Waals surface area (Å²) in [6.45, 7) is 3.53. The molecule has 0 aliphatic carbocycles. The minimum atomic E-state index is 0.0718. The zero-order valence-corrected chi connectivity index (χ0v) is 13.4. The first-order chi connectivity index (χ1) is 10.6. The Kier molecular flexibility index (Phi) is 5.93. The predicted molar refractivity (Wildman–Crippen MR) is 86.2 cm³/mol. The molecule has 1 aromatic carbocycles. The molecule has 0 radical (unpaired) electrons. The van der Waals surface area contributed by atoms with Crippen LogP contribution in [-0.2, 0) is 11.3 Å².